The molecular weight excluding hydrogens is 312 g/mol. The summed E-state index contributed by atoms with van der Waals surface area (Å²) in [5, 5.41) is 25.0. The van der Waals surface area contributed by atoms with Crippen LogP contribution in [0.25, 0.3) is 10.6 Å². The van der Waals surface area contributed by atoms with Crippen LogP contribution in [0.1, 0.15) is 25.3 Å². The van der Waals surface area contributed by atoms with Crippen molar-refractivity contribution in [3.63, 3.8) is 0 Å². The van der Waals surface area contributed by atoms with Gasteiger partial charge in [0.25, 0.3) is 0 Å². The number of hydrogen-bond donors (Lipinski definition) is 3. The van der Waals surface area contributed by atoms with Crippen LogP contribution in [-0.4, -0.2) is 34.0 Å². The number of nitrogens with zero attached hydrogens (tertiary/aromatic N) is 2. The minimum Gasteiger partial charge on any atom is -0.391 e. The summed E-state index contributed by atoms with van der Waals surface area (Å²) in [6, 6.07) is 9.48. The van der Waals surface area contributed by atoms with Crippen molar-refractivity contribution in [3.05, 3.63) is 35.3 Å². The van der Waals surface area contributed by atoms with Gasteiger partial charge in [0.1, 0.15) is 10.0 Å². The van der Waals surface area contributed by atoms with E-state index >= 15 is 0 Å². The maximum Gasteiger partial charge on any atom is 0.315 e. The fraction of sp³-hybridized carbons (Fsp3) is 0.438. The molecule has 0 bridgehead atoms. The van der Waals surface area contributed by atoms with E-state index in [9.17, 15) is 9.90 Å². The zero-order valence-electron chi connectivity index (χ0n) is 13.3. The predicted octanol–water partition coefficient (Wildman–Crippen LogP) is 2.41. The van der Waals surface area contributed by atoms with Gasteiger partial charge in [0.15, 0.2) is 0 Å². The van der Waals surface area contributed by atoms with Crippen molar-refractivity contribution in [2.45, 2.75) is 32.9 Å². The largest absolute Gasteiger partial charge is 0.391 e. The van der Waals surface area contributed by atoms with Crippen LogP contribution in [0.15, 0.2) is 30.3 Å². The van der Waals surface area contributed by atoms with E-state index in [-0.39, 0.29) is 18.5 Å². The van der Waals surface area contributed by atoms with Crippen LogP contribution < -0.4 is 10.6 Å². The highest BCUT2D eigenvalue weighted by Gasteiger charge is 2.13. The van der Waals surface area contributed by atoms with Crippen molar-refractivity contribution in [1.82, 2.24) is 20.8 Å². The average molecular weight is 334 g/mol. The molecule has 2 rings (SSSR count). The SMILES string of the molecule is CCC(C)C(O)CNC(=O)NCc1nnc(-c2ccccc2)s1. The zero-order chi connectivity index (χ0) is 16.7. The van der Waals surface area contributed by atoms with Crippen LogP contribution in [-0.2, 0) is 6.54 Å². The lowest BCUT2D eigenvalue weighted by Crippen LogP contribution is -2.41. The Morgan fingerprint density at radius 2 is 2.00 bits per heavy atom. The summed E-state index contributed by atoms with van der Waals surface area (Å²) >= 11 is 1.45. The lowest BCUT2D eigenvalue weighted by molar-refractivity contribution is 0.114. The number of amides is 2. The molecule has 2 amide bonds. The Morgan fingerprint density at radius 1 is 1.26 bits per heavy atom. The monoisotopic (exact) mass is 334 g/mol. The number of benzene rings is 1. The standard InChI is InChI=1S/C16H22N4O2S/c1-3-11(2)13(21)9-17-16(22)18-10-14-19-20-15(23-14)12-7-5-4-6-8-12/h4-8,11,13,21H,3,9-10H2,1-2H3,(H2,17,18,22). The Kier molecular flexibility index (Phi) is 6.49. The molecule has 1 heterocycles. The molecule has 23 heavy (non-hydrogen) atoms. The summed E-state index contributed by atoms with van der Waals surface area (Å²) in [5.74, 6) is 0.159. The van der Waals surface area contributed by atoms with E-state index in [0.29, 0.717) is 6.54 Å². The van der Waals surface area contributed by atoms with Gasteiger partial charge in [-0.3, -0.25) is 0 Å². The van der Waals surface area contributed by atoms with E-state index in [1.807, 2.05) is 44.2 Å². The van der Waals surface area contributed by atoms with Gasteiger partial charge in [-0.05, 0) is 5.92 Å². The van der Waals surface area contributed by atoms with Crippen LogP contribution in [0.3, 0.4) is 0 Å². The molecule has 2 unspecified atom stereocenters. The summed E-state index contributed by atoms with van der Waals surface area (Å²) in [6.07, 6.45) is 0.342. The van der Waals surface area contributed by atoms with Crippen LogP contribution in [0.4, 0.5) is 4.79 Å². The Morgan fingerprint density at radius 3 is 2.70 bits per heavy atom. The van der Waals surface area contributed by atoms with E-state index in [1.54, 1.807) is 0 Å². The molecule has 2 atom stereocenters. The Balaban J connectivity index is 1.78. The molecule has 0 saturated heterocycles. The number of aliphatic hydroxyl groups excluding tert-OH is 1. The highest BCUT2D eigenvalue weighted by atomic mass is 32.1. The van der Waals surface area contributed by atoms with Crippen LogP contribution in [0.2, 0.25) is 0 Å². The number of nitrogens with one attached hydrogen (secondary N) is 2. The quantitative estimate of drug-likeness (QED) is 0.726. The van der Waals surface area contributed by atoms with Gasteiger partial charge in [-0.25, -0.2) is 4.79 Å². The highest BCUT2D eigenvalue weighted by Crippen LogP contribution is 2.22. The van der Waals surface area contributed by atoms with Gasteiger partial charge in [0.2, 0.25) is 0 Å². The van der Waals surface area contributed by atoms with Crippen molar-refractivity contribution in [2.24, 2.45) is 5.92 Å². The molecule has 0 aliphatic heterocycles. The Labute approximate surface area is 140 Å². The van der Waals surface area contributed by atoms with Gasteiger partial charge in [0.05, 0.1) is 12.6 Å². The summed E-state index contributed by atoms with van der Waals surface area (Å²) in [7, 11) is 0. The number of carbonyl (C=O) groups excluding carboxylic acids is 1. The summed E-state index contributed by atoms with van der Waals surface area (Å²) in [4.78, 5) is 11.7. The second-order valence-corrected chi connectivity index (χ2v) is 6.45. The second kappa shape index (κ2) is 8.59. The van der Waals surface area contributed by atoms with Crippen molar-refractivity contribution >= 4 is 17.4 Å². The second-order valence-electron chi connectivity index (χ2n) is 5.38. The molecule has 0 spiro atoms. The fourth-order valence-corrected chi connectivity index (χ4v) is 2.70. The lowest BCUT2D eigenvalue weighted by Gasteiger charge is -2.17. The summed E-state index contributed by atoms with van der Waals surface area (Å²) in [5.41, 5.74) is 1.01. The van der Waals surface area contributed by atoms with Gasteiger partial charge in [-0.2, -0.15) is 0 Å². The first kappa shape index (κ1) is 17.4. The smallest absolute Gasteiger partial charge is 0.315 e. The van der Waals surface area contributed by atoms with Crippen LogP contribution in [0, 0.1) is 5.92 Å². The van der Waals surface area contributed by atoms with Gasteiger partial charge in [-0.15, -0.1) is 10.2 Å². The first-order valence-electron chi connectivity index (χ1n) is 7.67. The molecule has 0 saturated carbocycles. The van der Waals surface area contributed by atoms with Gasteiger partial charge < -0.3 is 15.7 Å². The number of aromatic nitrogens is 2. The molecule has 0 radical (unpaired) electrons. The number of aliphatic hydroxyl groups is 1. The molecule has 1 aromatic carbocycles. The number of carbonyl (C=O) groups is 1. The van der Waals surface area contributed by atoms with Gasteiger partial charge >= 0.3 is 6.03 Å². The fourth-order valence-electron chi connectivity index (χ4n) is 1.91. The molecule has 2 aromatic rings. The van der Waals surface area contributed by atoms with Crippen molar-refractivity contribution in [3.8, 4) is 10.6 Å². The predicted molar refractivity (Wildman–Crippen MR) is 91.0 cm³/mol. The molecular formula is C16H22N4O2S. The molecule has 0 fully saturated rings. The van der Waals surface area contributed by atoms with Crippen LogP contribution >= 0.6 is 11.3 Å². The van der Waals surface area contributed by atoms with Crippen molar-refractivity contribution in [2.75, 3.05) is 6.54 Å². The third-order valence-corrected chi connectivity index (χ3v) is 4.63. The third kappa shape index (κ3) is 5.30. The highest BCUT2D eigenvalue weighted by molar-refractivity contribution is 7.14. The summed E-state index contributed by atoms with van der Waals surface area (Å²) < 4.78 is 0. The minimum atomic E-state index is -0.531. The Hall–Kier alpha value is -1.99. The first-order chi connectivity index (χ1) is 11.1. The van der Waals surface area contributed by atoms with Gasteiger partial charge in [0, 0.05) is 12.1 Å². The minimum absolute atomic E-state index is 0.159. The molecule has 0 aliphatic rings. The molecule has 124 valence electrons. The van der Waals surface area contributed by atoms with E-state index in [1.165, 1.54) is 11.3 Å². The van der Waals surface area contributed by atoms with Crippen LogP contribution in [0.5, 0.6) is 0 Å². The topological polar surface area (TPSA) is 87.1 Å². The normalized spacial score (nSPS) is 13.3. The maximum atomic E-state index is 11.7. The van der Waals surface area contributed by atoms with Gasteiger partial charge in [-0.1, -0.05) is 61.9 Å². The zero-order valence-corrected chi connectivity index (χ0v) is 14.1. The van der Waals surface area contributed by atoms with Crippen molar-refractivity contribution in [1.29, 1.82) is 0 Å². The molecule has 0 aliphatic carbocycles. The average Bonchev–Trinajstić information content (AvgIpc) is 3.06. The maximum absolute atomic E-state index is 11.7. The van der Waals surface area contributed by atoms with E-state index in [0.717, 1.165) is 22.0 Å². The van der Waals surface area contributed by atoms with E-state index in [4.69, 9.17) is 0 Å². The Bertz CT molecular complexity index is 618. The molecule has 7 heteroatoms. The number of rotatable bonds is 7. The van der Waals surface area contributed by atoms with Crippen molar-refractivity contribution < 1.29 is 9.90 Å². The summed E-state index contributed by atoms with van der Waals surface area (Å²) in [6.45, 7) is 4.52. The third-order valence-electron chi connectivity index (χ3n) is 3.66. The van der Waals surface area contributed by atoms with E-state index < -0.39 is 6.10 Å². The molecule has 1 aromatic heterocycles. The first-order valence-corrected chi connectivity index (χ1v) is 8.49. The number of urea groups is 1. The number of hydrogen-bond acceptors (Lipinski definition) is 5. The molecule has 3 N–H and O–H groups in total. The molecule has 6 nitrogen and oxygen atoms in total. The van der Waals surface area contributed by atoms with E-state index in [2.05, 4.69) is 20.8 Å². The lowest BCUT2D eigenvalue weighted by atomic mass is 10.0.